The number of benzene rings is 1. The van der Waals surface area contributed by atoms with Crippen LogP contribution in [0.15, 0.2) is 42.6 Å². The van der Waals surface area contributed by atoms with E-state index in [9.17, 15) is 0 Å². The lowest BCUT2D eigenvalue weighted by Crippen LogP contribution is -2.48. The molecule has 0 atom stereocenters. The maximum atomic E-state index is 4.75. The lowest BCUT2D eigenvalue weighted by molar-refractivity contribution is 0.209. The van der Waals surface area contributed by atoms with E-state index in [1.165, 1.54) is 60.2 Å². The van der Waals surface area contributed by atoms with Crippen LogP contribution in [0.1, 0.15) is 38.8 Å². The number of H-pyrrole nitrogens is 1. The molecular formula is C26H35N5. The quantitative estimate of drug-likeness (QED) is 0.650. The molecule has 2 aromatic heterocycles. The molecule has 0 saturated carbocycles. The number of pyridine rings is 1. The molecule has 2 fully saturated rings. The van der Waals surface area contributed by atoms with Crippen molar-refractivity contribution in [2.24, 2.45) is 0 Å². The maximum absolute atomic E-state index is 4.75. The van der Waals surface area contributed by atoms with Crippen LogP contribution in [-0.4, -0.2) is 65.1 Å². The van der Waals surface area contributed by atoms with Gasteiger partial charge in [-0.2, -0.15) is 0 Å². The monoisotopic (exact) mass is 417 g/mol. The van der Waals surface area contributed by atoms with Crippen LogP contribution in [0.3, 0.4) is 0 Å². The van der Waals surface area contributed by atoms with Gasteiger partial charge < -0.3 is 9.88 Å². The lowest BCUT2D eigenvalue weighted by Gasteiger charge is -2.38. The molecule has 5 nitrogen and oxygen atoms in total. The molecule has 0 bridgehead atoms. The average molecular weight is 418 g/mol. The van der Waals surface area contributed by atoms with Gasteiger partial charge in [-0.1, -0.05) is 18.6 Å². The summed E-state index contributed by atoms with van der Waals surface area (Å²) in [6, 6.07) is 14.0. The number of hydrogen-bond donors (Lipinski definition) is 1. The molecule has 1 aromatic carbocycles. The van der Waals surface area contributed by atoms with Gasteiger partial charge in [0, 0.05) is 72.8 Å². The number of nitrogens with one attached hydrogen (secondary N) is 1. The number of nitrogens with zero attached hydrogens (tertiary/aromatic N) is 4. The fraction of sp³-hybridized carbons (Fsp3) is 0.500. The third-order valence-electron chi connectivity index (χ3n) is 6.98. The summed E-state index contributed by atoms with van der Waals surface area (Å²) in [5, 5.41) is 1.20. The summed E-state index contributed by atoms with van der Waals surface area (Å²) in [6.07, 6.45) is 6.05. The van der Waals surface area contributed by atoms with Crippen molar-refractivity contribution < 1.29 is 0 Å². The van der Waals surface area contributed by atoms with Gasteiger partial charge in [0.1, 0.15) is 0 Å². The Labute approximate surface area is 186 Å². The topological polar surface area (TPSA) is 38.4 Å². The second kappa shape index (κ2) is 9.01. The van der Waals surface area contributed by atoms with Crippen molar-refractivity contribution in [1.29, 1.82) is 0 Å². The fourth-order valence-electron chi connectivity index (χ4n) is 5.03. The van der Waals surface area contributed by atoms with Crippen LogP contribution in [0, 0.1) is 0 Å². The summed E-state index contributed by atoms with van der Waals surface area (Å²) in [7, 11) is 0. The van der Waals surface area contributed by atoms with Crippen LogP contribution in [-0.2, 0) is 6.54 Å². The molecule has 0 unspecified atom stereocenters. The number of aromatic amines is 1. The summed E-state index contributed by atoms with van der Waals surface area (Å²) in [4.78, 5) is 16.0. The van der Waals surface area contributed by atoms with Crippen molar-refractivity contribution in [1.82, 2.24) is 19.8 Å². The van der Waals surface area contributed by atoms with Crippen molar-refractivity contribution in [3.05, 3.63) is 48.3 Å². The Balaban J connectivity index is 1.28. The summed E-state index contributed by atoms with van der Waals surface area (Å²) in [6.45, 7) is 12.5. The van der Waals surface area contributed by atoms with E-state index in [0.29, 0.717) is 6.04 Å². The number of rotatable bonds is 5. The summed E-state index contributed by atoms with van der Waals surface area (Å²) in [5.74, 6) is 0. The molecule has 0 radical (unpaired) electrons. The first kappa shape index (κ1) is 20.5. The van der Waals surface area contributed by atoms with Crippen molar-refractivity contribution in [2.75, 3.05) is 44.2 Å². The molecule has 5 heteroatoms. The minimum Gasteiger partial charge on any atom is -0.369 e. The van der Waals surface area contributed by atoms with Gasteiger partial charge in [0.05, 0.1) is 5.69 Å². The first-order valence-electron chi connectivity index (χ1n) is 12.0. The van der Waals surface area contributed by atoms with E-state index in [4.69, 9.17) is 4.98 Å². The average Bonchev–Trinajstić information content (AvgIpc) is 3.21. The summed E-state index contributed by atoms with van der Waals surface area (Å²) in [5.41, 5.74) is 6.02. The second-order valence-electron chi connectivity index (χ2n) is 9.45. The van der Waals surface area contributed by atoms with Gasteiger partial charge in [-0.15, -0.1) is 0 Å². The molecule has 2 aliphatic heterocycles. The van der Waals surface area contributed by atoms with Crippen LogP contribution in [0.25, 0.3) is 22.2 Å². The van der Waals surface area contributed by atoms with Crippen LogP contribution in [0.5, 0.6) is 0 Å². The number of anilines is 1. The first-order chi connectivity index (χ1) is 15.2. The number of fused-ring (bicyclic) bond motifs is 1. The molecule has 2 saturated heterocycles. The van der Waals surface area contributed by atoms with Gasteiger partial charge in [-0.05, 0) is 64.0 Å². The molecule has 164 valence electrons. The van der Waals surface area contributed by atoms with E-state index in [1.54, 1.807) is 0 Å². The highest BCUT2D eigenvalue weighted by Crippen LogP contribution is 2.26. The minimum absolute atomic E-state index is 0.638. The maximum Gasteiger partial charge on any atom is 0.0723 e. The van der Waals surface area contributed by atoms with Crippen LogP contribution in [0.4, 0.5) is 5.69 Å². The Hall–Kier alpha value is -2.37. The Kier molecular flexibility index (Phi) is 5.97. The smallest absolute Gasteiger partial charge is 0.0723 e. The molecule has 1 N–H and O–H groups in total. The van der Waals surface area contributed by atoms with Gasteiger partial charge >= 0.3 is 0 Å². The Bertz CT molecular complexity index is 992. The minimum atomic E-state index is 0.638. The Morgan fingerprint density at radius 3 is 2.35 bits per heavy atom. The zero-order valence-electron chi connectivity index (χ0n) is 19.0. The third kappa shape index (κ3) is 4.63. The predicted molar refractivity (Wildman–Crippen MR) is 130 cm³/mol. The van der Waals surface area contributed by atoms with Crippen LogP contribution >= 0.6 is 0 Å². The highest BCUT2D eigenvalue weighted by atomic mass is 15.3. The van der Waals surface area contributed by atoms with Gasteiger partial charge in [0.25, 0.3) is 0 Å². The Morgan fingerprint density at radius 2 is 1.65 bits per heavy atom. The van der Waals surface area contributed by atoms with E-state index in [2.05, 4.69) is 69.9 Å². The van der Waals surface area contributed by atoms with Crippen molar-refractivity contribution in [3.63, 3.8) is 0 Å². The van der Waals surface area contributed by atoms with Crippen molar-refractivity contribution in [2.45, 2.75) is 45.7 Å². The van der Waals surface area contributed by atoms with Gasteiger partial charge in [0.2, 0.25) is 0 Å². The molecule has 0 spiro atoms. The standard InChI is InChI=1S/C26H35N5/c1-20(2)30-12-14-31(15-13-30)24-8-6-21(7-9-24)25-17-26-22(18-27-25)16-23(28-26)19-29-10-4-3-5-11-29/h6-9,16-18,20,28H,3-5,10-15,19H2,1-2H3. The summed E-state index contributed by atoms with van der Waals surface area (Å²) < 4.78 is 0. The van der Waals surface area contributed by atoms with Crippen molar-refractivity contribution in [3.8, 4) is 11.3 Å². The lowest BCUT2D eigenvalue weighted by atomic mass is 10.1. The van der Waals surface area contributed by atoms with Gasteiger partial charge in [-0.3, -0.25) is 14.8 Å². The first-order valence-corrected chi connectivity index (χ1v) is 12.0. The normalized spacial score (nSPS) is 18.9. The van der Waals surface area contributed by atoms with E-state index in [1.807, 2.05) is 6.20 Å². The Morgan fingerprint density at radius 1 is 0.903 bits per heavy atom. The number of aromatic nitrogens is 2. The zero-order valence-corrected chi connectivity index (χ0v) is 19.0. The van der Waals surface area contributed by atoms with Gasteiger partial charge in [-0.25, -0.2) is 0 Å². The van der Waals surface area contributed by atoms with E-state index < -0.39 is 0 Å². The van der Waals surface area contributed by atoms with E-state index in [-0.39, 0.29) is 0 Å². The third-order valence-corrected chi connectivity index (χ3v) is 6.98. The van der Waals surface area contributed by atoms with Crippen LogP contribution in [0.2, 0.25) is 0 Å². The van der Waals surface area contributed by atoms with Crippen molar-refractivity contribution >= 4 is 16.6 Å². The van der Waals surface area contributed by atoms with E-state index >= 15 is 0 Å². The largest absolute Gasteiger partial charge is 0.369 e. The molecular weight excluding hydrogens is 382 g/mol. The van der Waals surface area contributed by atoms with Crippen LogP contribution < -0.4 is 4.90 Å². The zero-order chi connectivity index (χ0) is 21.2. The number of hydrogen-bond acceptors (Lipinski definition) is 4. The van der Waals surface area contributed by atoms with E-state index in [0.717, 1.165) is 38.4 Å². The van der Waals surface area contributed by atoms with Gasteiger partial charge in [0.15, 0.2) is 0 Å². The molecule has 31 heavy (non-hydrogen) atoms. The molecule has 4 heterocycles. The molecule has 0 aliphatic carbocycles. The molecule has 0 amide bonds. The predicted octanol–water partition coefficient (Wildman–Crippen LogP) is 4.75. The molecule has 3 aromatic rings. The fourth-order valence-corrected chi connectivity index (χ4v) is 5.03. The highest BCUT2D eigenvalue weighted by Gasteiger charge is 2.19. The highest BCUT2D eigenvalue weighted by molar-refractivity contribution is 5.83. The second-order valence-corrected chi connectivity index (χ2v) is 9.45. The summed E-state index contributed by atoms with van der Waals surface area (Å²) >= 11 is 0. The molecule has 5 rings (SSSR count). The number of piperazine rings is 1. The molecule has 2 aliphatic rings. The number of likely N-dealkylation sites (tertiary alicyclic amines) is 1. The number of piperidine rings is 1. The SMILES string of the molecule is CC(C)N1CCN(c2ccc(-c3cc4[nH]c(CN5CCCCC5)cc4cn3)cc2)CC1.